The van der Waals surface area contributed by atoms with Crippen molar-refractivity contribution in [1.82, 2.24) is 0 Å². The highest BCUT2D eigenvalue weighted by Gasteiger charge is 2.04. The fourth-order valence-electron chi connectivity index (χ4n) is 0.460. The fraction of sp³-hybridized carbons (Fsp3) is 0.200. The summed E-state index contributed by atoms with van der Waals surface area (Å²) in [5.74, 6) is 0. The molecule has 0 spiro atoms. The Kier molecular flexibility index (Phi) is 2.38. The smallest absolute Gasteiger partial charge is 0.204 e. The summed E-state index contributed by atoms with van der Waals surface area (Å²) < 4.78 is 22.2. The van der Waals surface area contributed by atoms with Crippen LogP contribution in [0.5, 0.6) is 0 Å². The maximum absolute atomic E-state index is 10.7. The van der Waals surface area contributed by atoms with Crippen LogP contribution < -0.4 is 0 Å². The molecule has 0 saturated heterocycles. The Labute approximate surface area is 67.6 Å². The summed E-state index contributed by atoms with van der Waals surface area (Å²) in [6.07, 6.45) is 1.21. The third-order valence-corrected chi connectivity index (χ3v) is 4.30. The largest absolute Gasteiger partial charge is 0.217 e. The lowest BCUT2D eigenvalue weighted by Crippen LogP contribution is -1.84. The molecule has 10 heavy (non-hydrogen) atoms. The van der Waals surface area contributed by atoms with Gasteiger partial charge in [-0.05, 0) is 11.4 Å². The third kappa shape index (κ3) is 2.72. The molecule has 1 aromatic rings. The molecule has 0 unspecified atom stereocenters. The molecule has 0 N–H and O–H groups in total. The van der Waals surface area contributed by atoms with Crippen LogP contribution in [-0.4, -0.2) is 14.7 Å². The van der Waals surface area contributed by atoms with Crippen molar-refractivity contribution in [2.75, 3.05) is 6.26 Å². The quantitative estimate of drug-likeness (QED) is 0.673. The monoisotopic (exact) mass is 194 g/mol. The van der Waals surface area contributed by atoms with E-state index in [2.05, 4.69) is 0 Å². The first kappa shape index (κ1) is 8.10. The number of rotatable bonds is 2. The zero-order valence-corrected chi connectivity index (χ0v) is 7.72. The van der Waals surface area contributed by atoms with E-state index in [4.69, 9.17) is 0 Å². The van der Waals surface area contributed by atoms with E-state index in [0.717, 1.165) is 15.0 Å². The maximum Gasteiger partial charge on any atom is 0.204 e. The van der Waals surface area contributed by atoms with Crippen LogP contribution in [0, 0.1) is 0 Å². The van der Waals surface area contributed by atoms with Crippen molar-refractivity contribution in [3.8, 4) is 0 Å². The van der Waals surface area contributed by atoms with Gasteiger partial charge in [0.05, 0.1) is 4.21 Å². The normalized spacial score (nSPS) is 11.7. The van der Waals surface area contributed by atoms with Crippen molar-refractivity contribution in [3.63, 3.8) is 0 Å². The maximum atomic E-state index is 10.7. The summed E-state index contributed by atoms with van der Waals surface area (Å²) in [4.78, 5) is 0. The van der Waals surface area contributed by atoms with Crippen LogP contribution in [0.4, 0.5) is 0 Å². The lowest BCUT2D eigenvalue weighted by Gasteiger charge is -1.89. The second kappa shape index (κ2) is 2.94. The van der Waals surface area contributed by atoms with Gasteiger partial charge in [-0.15, -0.1) is 11.3 Å². The van der Waals surface area contributed by atoms with Gasteiger partial charge >= 0.3 is 0 Å². The van der Waals surface area contributed by atoms with Gasteiger partial charge in [0.25, 0.3) is 0 Å². The van der Waals surface area contributed by atoms with Gasteiger partial charge < -0.3 is 0 Å². The molecule has 0 fully saturated rings. The van der Waals surface area contributed by atoms with Gasteiger partial charge in [-0.25, -0.2) is 8.42 Å². The van der Waals surface area contributed by atoms with E-state index >= 15 is 0 Å². The highest BCUT2D eigenvalue weighted by atomic mass is 33.1. The fourth-order valence-corrected chi connectivity index (χ4v) is 4.19. The van der Waals surface area contributed by atoms with Gasteiger partial charge in [0.15, 0.2) is 0 Å². The van der Waals surface area contributed by atoms with Gasteiger partial charge in [0, 0.05) is 17.0 Å². The Morgan fingerprint density at radius 1 is 1.60 bits per heavy atom. The van der Waals surface area contributed by atoms with Crippen LogP contribution in [0.3, 0.4) is 0 Å². The van der Waals surface area contributed by atoms with Crippen molar-refractivity contribution in [2.24, 2.45) is 0 Å². The highest BCUT2D eigenvalue weighted by molar-refractivity contribution is 8.72. The van der Waals surface area contributed by atoms with E-state index in [1.54, 1.807) is 6.07 Å². The number of hydrogen-bond donors (Lipinski definition) is 0. The molecule has 2 nitrogen and oxygen atoms in total. The van der Waals surface area contributed by atoms with Crippen LogP contribution in [0.25, 0.3) is 0 Å². The molecule has 0 amide bonds. The molecule has 0 aliphatic rings. The minimum atomic E-state index is -2.92. The predicted octanol–water partition coefficient (Wildman–Crippen LogP) is 1.80. The van der Waals surface area contributed by atoms with E-state index in [1.165, 1.54) is 17.6 Å². The van der Waals surface area contributed by atoms with Crippen LogP contribution in [0.15, 0.2) is 21.7 Å². The molecule has 1 heterocycles. The van der Waals surface area contributed by atoms with Crippen molar-refractivity contribution in [2.45, 2.75) is 4.21 Å². The average molecular weight is 194 g/mol. The summed E-state index contributed by atoms with van der Waals surface area (Å²) in [5.41, 5.74) is 0. The Balaban J connectivity index is 2.75. The molecule has 56 valence electrons. The van der Waals surface area contributed by atoms with Crippen molar-refractivity contribution in [3.05, 3.63) is 17.5 Å². The minimum absolute atomic E-state index is 0.822. The van der Waals surface area contributed by atoms with Crippen molar-refractivity contribution in [1.29, 1.82) is 0 Å². The molecule has 0 radical (unpaired) electrons. The van der Waals surface area contributed by atoms with Gasteiger partial charge in [-0.2, -0.15) is 0 Å². The number of hydrogen-bond acceptors (Lipinski definition) is 4. The van der Waals surface area contributed by atoms with E-state index < -0.39 is 8.87 Å². The van der Waals surface area contributed by atoms with Crippen LogP contribution >= 0.6 is 22.1 Å². The first-order chi connectivity index (χ1) is 4.58. The Bertz CT molecular complexity index is 285. The second-order valence-corrected chi connectivity index (χ2v) is 7.26. The SMILES string of the molecule is CS(=O)(=O)Sc1cccs1. The summed E-state index contributed by atoms with van der Waals surface area (Å²) in [6, 6.07) is 3.62. The molecule has 5 heteroatoms. The van der Waals surface area contributed by atoms with E-state index in [-0.39, 0.29) is 0 Å². The zero-order valence-electron chi connectivity index (χ0n) is 5.27. The van der Waals surface area contributed by atoms with E-state index in [0.29, 0.717) is 0 Å². The summed E-state index contributed by atoms with van der Waals surface area (Å²) in [5, 5.41) is 1.85. The Hall–Kier alpha value is -0.0000000000000000833. The molecule has 0 atom stereocenters. The first-order valence-corrected chi connectivity index (χ1v) is 6.61. The molecule has 1 rings (SSSR count). The molecular weight excluding hydrogens is 188 g/mol. The van der Waals surface area contributed by atoms with Gasteiger partial charge in [-0.1, -0.05) is 6.07 Å². The summed E-state index contributed by atoms with van der Waals surface area (Å²) >= 11 is 1.43. The van der Waals surface area contributed by atoms with Gasteiger partial charge in [0.2, 0.25) is 8.87 Å². The molecule has 0 saturated carbocycles. The van der Waals surface area contributed by atoms with Crippen LogP contribution in [0.2, 0.25) is 0 Å². The molecule has 0 aliphatic heterocycles. The average Bonchev–Trinajstić information content (AvgIpc) is 2.12. The summed E-state index contributed by atoms with van der Waals surface area (Å²) in [7, 11) is -2.02. The number of thiophene rings is 1. The zero-order chi connectivity index (χ0) is 7.61. The third-order valence-electron chi connectivity index (χ3n) is 0.729. The van der Waals surface area contributed by atoms with Crippen LogP contribution in [0.1, 0.15) is 0 Å². The van der Waals surface area contributed by atoms with Crippen molar-refractivity contribution < 1.29 is 8.42 Å². The molecule has 0 aromatic carbocycles. The first-order valence-electron chi connectivity index (χ1n) is 2.51. The van der Waals surface area contributed by atoms with E-state index in [9.17, 15) is 8.42 Å². The second-order valence-electron chi connectivity index (χ2n) is 1.72. The Morgan fingerprint density at radius 2 is 2.30 bits per heavy atom. The Morgan fingerprint density at radius 3 is 2.70 bits per heavy atom. The topological polar surface area (TPSA) is 34.1 Å². The van der Waals surface area contributed by atoms with Crippen LogP contribution in [-0.2, 0) is 8.87 Å². The van der Waals surface area contributed by atoms with Gasteiger partial charge in [0.1, 0.15) is 0 Å². The van der Waals surface area contributed by atoms with Gasteiger partial charge in [-0.3, -0.25) is 0 Å². The predicted molar refractivity (Wildman–Crippen MR) is 45.0 cm³/mol. The van der Waals surface area contributed by atoms with E-state index in [1.807, 2.05) is 11.4 Å². The molecule has 0 bridgehead atoms. The summed E-state index contributed by atoms with van der Waals surface area (Å²) in [6.45, 7) is 0. The highest BCUT2D eigenvalue weighted by Crippen LogP contribution is 2.27. The lowest BCUT2D eigenvalue weighted by molar-refractivity contribution is 0.615. The molecular formula is C5H6O2S3. The molecule has 1 aromatic heterocycles. The lowest BCUT2D eigenvalue weighted by atomic mass is 10.7. The molecule has 0 aliphatic carbocycles. The minimum Gasteiger partial charge on any atom is -0.217 e. The standard InChI is InChI=1S/C5H6O2S3/c1-10(6,7)9-5-3-2-4-8-5/h2-4H,1H3. The van der Waals surface area contributed by atoms with Crippen molar-refractivity contribution >= 4 is 31.0 Å².